The van der Waals surface area contributed by atoms with E-state index >= 15 is 0 Å². The van der Waals surface area contributed by atoms with E-state index in [2.05, 4.69) is 22.5 Å². The Kier molecular flexibility index (Phi) is 11.7. The van der Waals surface area contributed by atoms with E-state index < -0.39 is 0 Å². The van der Waals surface area contributed by atoms with Crippen LogP contribution >= 0.6 is 24.0 Å². The zero-order valence-electron chi connectivity index (χ0n) is 19.9. The molecule has 1 aromatic carbocycles. The summed E-state index contributed by atoms with van der Waals surface area (Å²) in [5.74, 6) is 2.73. The predicted octanol–water partition coefficient (Wildman–Crippen LogP) is 5.15. The van der Waals surface area contributed by atoms with Gasteiger partial charge < -0.3 is 24.8 Å². The Balaban J connectivity index is 0.00000385. The molecule has 1 aromatic heterocycles. The van der Waals surface area contributed by atoms with E-state index in [1.54, 1.807) is 13.3 Å². The third-order valence-electron chi connectivity index (χ3n) is 5.81. The molecule has 3 rings (SSSR count). The number of halogens is 1. The van der Waals surface area contributed by atoms with Gasteiger partial charge in [-0.3, -0.25) is 0 Å². The van der Waals surface area contributed by atoms with Crippen LogP contribution in [0.1, 0.15) is 45.1 Å². The van der Waals surface area contributed by atoms with E-state index in [9.17, 15) is 0 Å². The molecule has 1 saturated carbocycles. The molecule has 0 unspecified atom stereocenters. The maximum absolute atomic E-state index is 5.90. The Hall–Kier alpha value is -2.07. The van der Waals surface area contributed by atoms with Crippen LogP contribution in [0.2, 0.25) is 0 Å². The molecule has 0 atom stereocenters. The molecule has 2 N–H and O–H groups in total. The lowest BCUT2D eigenvalue weighted by molar-refractivity contribution is 0.0732. The first-order valence-corrected chi connectivity index (χ1v) is 11.5. The van der Waals surface area contributed by atoms with Crippen LogP contribution in [0.4, 0.5) is 0 Å². The lowest BCUT2D eigenvalue weighted by Gasteiger charge is -2.42. The summed E-state index contributed by atoms with van der Waals surface area (Å²) in [6, 6.07) is 11.5. The standard InChI is InChI=1S/C25H36N4O3.HI/c1-4-26-24(29-19-25(13-8-14-25)15-16-30-3)28-18-20-11-12-23(27-17-20)32-22-10-7-6-9-21(22)31-5-2;/h6-7,9-12,17H,4-5,8,13-16,18-19H2,1-3H3,(H2,26,28,29);1H. The minimum absolute atomic E-state index is 0. The van der Waals surface area contributed by atoms with Crippen molar-refractivity contribution in [2.24, 2.45) is 10.4 Å². The van der Waals surface area contributed by atoms with Crippen molar-refractivity contribution < 1.29 is 14.2 Å². The molecule has 0 spiro atoms. The van der Waals surface area contributed by atoms with E-state index in [-0.39, 0.29) is 24.0 Å². The number of hydrogen-bond donors (Lipinski definition) is 2. The predicted molar refractivity (Wildman–Crippen MR) is 143 cm³/mol. The number of pyridine rings is 1. The van der Waals surface area contributed by atoms with Gasteiger partial charge in [-0.25, -0.2) is 9.98 Å². The van der Waals surface area contributed by atoms with Gasteiger partial charge in [0.2, 0.25) is 5.88 Å². The van der Waals surface area contributed by atoms with Crippen molar-refractivity contribution >= 4 is 29.9 Å². The van der Waals surface area contributed by atoms with Crippen LogP contribution in [0.25, 0.3) is 0 Å². The lowest BCUT2D eigenvalue weighted by Crippen LogP contribution is -2.46. The second kappa shape index (κ2) is 14.2. The Bertz CT molecular complexity index is 857. The zero-order valence-corrected chi connectivity index (χ0v) is 22.3. The van der Waals surface area contributed by atoms with Crippen LogP contribution in [0, 0.1) is 5.41 Å². The van der Waals surface area contributed by atoms with Gasteiger partial charge in [-0.05, 0) is 56.2 Å². The maximum Gasteiger partial charge on any atom is 0.219 e. The van der Waals surface area contributed by atoms with Crippen LogP contribution in [0.5, 0.6) is 17.4 Å². The average Bonchev–Trinajstić information content (AvgIpc) is 2.79. The van der Waals surface area contributed by atoms with Crippen LogP contribution in [0.3, 0.4) is 0 Å². The van der Waals surface area contributed by atoms with E-state index in [0.29, 0.717) is 35.9 Å². The summed E-state index contributed by atoms with van der Waals surface area (Å²) in [6.07, 6.45) is 6.70. The molecule has 1 aliphatic carbocycles. The number of rotatable bonds is 12. The molecular weight excluding hydrogens is 531 g/mol. The van der Waals surface area contributed by atoms with Gasteiger partial charge in [-0.1, -0.05) is 24.6 Å². The number of nitrogens with one attached hydrogen (secondary N) is 2. The molecule has 1 fully saturated rings. The molecule has 0 saturated heterocycles. The Labute approximate surface area is 214 Å². The fourth-order valence-corrected chi connectivity index (χ4v) is 3.78. The average molecular weight is 569 g/mol. The van der Waals surface area contributed by atoms with E-state index in [4.69, 9.17) is 19.2 Å². The Morgan fingerprint density at radius 3 is 2.48 bits per heavy atom. The highest BCUT2D eigenvalue weighted by molar-refractivity contribution is 14.0. The summed E-state index contributed by atoms with van der Waals surface area (Å²) < 4.78 is 16.8. The van der Waals surface area contributed by atoms with Crippen molar-refractivity contribution in [1.82, 2.24) is 15.6 Å². The maximum atomic E-state index is 5.90. The molecular formula is C25H37IN4O3. The van der Waals surface area contributed by atoms with Crippen LogP contribution in [-0.4, -0.2) is 44.4 Å². The van der Waals surface area contributed by atoms with Gasteiger partial charge in [0.1, 0.15) is 0 Å². The van der Waals surface area contributed by atoms with Gasteiger partial charge >= 0.3 is 0 Å². The number of guanidine groups is 1. The SMILES string of the molecule is CCNC(=NCc1ccc(Oc2ccccc2OCC)nc1)NCC1(CCOC)CCC1.I. The number of ether oxygens (including phenoxy) is 3. The van der Waals surface area contributed by atoms with Crippen molar-refractivity contribution in [3.05, 3.63) is 48.2 Å². The number of benzene rings is 1. The Morgan fingerprint density at radius 1 is 1.09 bits per heavy atom. The summed E-state index contributed by atoms with van der Waals surface area (Å²) in [4.78, 5) is 9.18. The van der Waals surface area contributed by atoms with Crippen LogP contribution in [-0.2, 0) is 11.3 Å². The van der Waals surface area contributed by atoms with E-state index in [0.717, 1.165) is 37.6 Å². The highest BCUT2D eigenvalue weighted by Gasteiger charge is 2.36. The summed E-state index contributed by atoms with van der Waals surface area (Å²) in [6.45, 7) is 7.71. The second-order valence-electron chi connectivity index (χ2n) is 8.13. The van der Waals surface area contributed by atoms with Crippen molar-refractivity contribution in [2.75, 3.05) is 33.4 Å². The summed E-state index contributed by atoms with van der Waals surface area (Å²) >= 11 is 0. The zero-order chi connectivity index (χ0) is 22.7. The number of methoxy groups -OCH3 is 1. The first-order valence-electron chi connectivity index (χ1n) is 11.5. The molecule has 1 heterocycles. The molecule has 0 aliphatic heterocycles. The fourth-order valence-electron chi connectivity index (χ4n) is 3.78. The minimum atomic E-state index is 0. The third-order valence-corrected chi connectivity index (χ3v) is 5.81. The largest absolute Gasteiger partial charge is 0.490 e. The number of aromatic nitrogens is 1. The monoisotopic (exact) mass is 568 g/mol. The summed E-state index contributed by atoms with van der Waals surface area (Å²) in [7, 11) is 1.77. The number of para-hydroxylation sites is 2. The quantitative estimate of drug-likeness (QED) is 0.210. The first kappa shape index (κ1) is 27.2. The number of hydrogen-bond acceptors (Lipinski definition) is 5. The summed E-state index contributed by atoms with van der Waals surface area (Å²) in [5, 5.41) is 6.87. The topological polar surface area (TPSA) is 77.0 Å². The van der Waals surface area contributed by atoms with Crippen molar-refractivity contribution in [3.8, 4) is 17.4 Å². The highest BCUT2D eigenvalue weighted by Crippen LogP contribution is 2.43. The van der Waals surface area contributed by atoms with Crippen molar-refractivity contribution in [1.29, 1.82) is 0 Å². The molecule has 0 amide bonds. The van der Waals surface area contributed by atoms with Gasteiger partial charge in [0.25, 0.3) is 0 Å². The van der Waals surface area contributed by atoms with Gasteiger partial charge in [-0.15, -0.1) is 24.0 Å². The number of nitrogens with zero attached hydrogens (tertiary/aromatic N) is 2. The summed E-state index contributed by atoms with van der Waals surface area (Å²) in [5.41, 5.74) is 1.36. The molecule has 2 aromatic rings. The van der Waals surface area contributed by atoms with Crippen LogP contribution in [0.15, 0.2) is 47.6 Å². The molecule has 8 heteroatoms. The molecule has 33 heavy (non-hydrogen) atoms. The first-order chi connectivity index (χ1) is 15.7. The van der Waals surface area contributed by atoms with Crippen molar-refractivity contribution in [3.63, 3.8) is 0 Å². The lowest BCUT2D eigenvalue weighted by atomic mass is 9.67. The smallest absolute Gasteiger partial charge is 0.219 e. The molecule has 182 valence electrons. The molecule has 0 radical (unpaired) electrons. The van der Waals surface area contributed by atoms with Crippen molar-refractivity contribution in [2.45, 2.75) is 46.1 Å². The number of aliphatic imine (C=N–C) groups is 1. The van der Waals surface area contributed by atoms with Gasteiger partial charge in [0, 0.05) is 39.1 Å². The third kappa shape index (κ3) is 8.33. The molecule has 1 aliphatic rings. The van der Waals surface area contributed by atoms with E-state index in [1.807, 2.05) is 43.3 Å². The van der Waals surface area contributed by atoms with Gasteiger partial charge in [0.15, 0.2) is 17.5 Å². The van der Waals surface area contributed by atoms with E-state index in [1.165, 1.54) is 19.3 Å². The molecule has 0 bridgehead atoms. The highest BCUT2D eigenvalue weighted by atomic mass is 127. The normalized spacial score (nSPS) is 14.6. The van der Waals surface area contributed by atoms with Crippen LogP contribution < -0.4 is 20.1 Å². The molecule has 7 nitrogen and oxygen atoms in total. The fraction of sp³-hybridized carbons (Fsp3) is 0.520. The minimum Gasteiger partial charge on any atom is -0.490 e. The second-order valence-corrected chi connectivity index (χ2v) is 8.13. The van der Waals surface area contributed by atoms with Gasteiger partial charge in [-0.2, -0.15) is 0 Å². The Morgan fingerprint density at radius 2 is 1.88 bits per heavy atom. The van der Waals surface area contributed by atoms with Gasteiger partial charge in [0.05, 0.1) is 13.2 Å².